The number of allylic oxidation sites excluding steroid dienone is 1. The van der Waals surface area contributed by atoms with E-state index >= 15 is 0 Å². The molecule has 1 aromatic rings. The topological polar surface area (TPSA) is 64.1 Å². The lowest BCUT2D eigenvalue weighted by molar-refractivity contribution is -0.115. The van der Waals surface area contributed by atoms with E-state index in [-0.39, 0.29) is 5.91 Å². The number of anilines is 1. The van der Waals surface area contributed by atoms with E-state index in [0.29, 0.717) is 18.1 Å². The van der Waals surface area contributed by atoms with Crippen molar-refractivity contribution in [1.82, 2.24) is 10.2 Å². The Labute approximate surface area is 94.5 Å². The van der Waals surface area contributed by atoms with Crippen LogP contribution in [0.15, 0.2) is 23.8 Å². The van der Waals surface area contributed by atoms with E-state index in [1.807, 2.05) is 19.9 Å². The fraction of sp³-hybridized carbons (Fsp3) is 0.364. The van der Waals surface area contributed by atoms with E-state index in [9.17, 15) is 4.79 Å². The van der Waals surface area contributed by atoms with Crippen molar-refractivity contribution in [2.45, 2.75) is 20.3 Å². The third kappa shape index (κ3) is 4.08. The Hall–Kier alpha value is -1.91. The maximum atomic E-state index is 11.4. The molecule has 0 aliphatic rings. The van der Waals surface area contributed by atoms with Gasteiger partial charge >= 0.3 is 0 Å². The van der Waals surface area contributed by atoms with Gasteiger partial charge in [0.1, 0.15) is 0 Å². The Balaban J connectivity index is 2.53. The number of carbonyl (C=O) groups excluding carboxylic acids is 1. The summed E-state index contributed by atoms with van der Waals surface area (Å²) in [4.78, 5) is 11.4. The summed E-state index contributed by atoms with van der Waals surface area (Å²) in [6.45, 7) is 3.89. The number of methoxy groups -OCH3 is 1. The fourth-order valence-electron chi connectivity index (χ4n) is 0.986. The number of hydrogen-bond donors (Lipinski definition) is 1. The molecule has 1 rings (SSSR count). The van der Waals surface area contributed by atoms with Gasteiger partial charge in [-0.05, 0) is 19.9 Å². The van der Waals surface area contributed by atoms with Gasteiger partial charge in [0.2, 0.25) is 11.8 Å². The normalized spacial score (nSPS) is 9.44. The van der Waals surface area contributed by atoms with Crippen LogP contribution < -0.4 is 10.1 Å². The number of hydrogen-bond acceptors (Lipinski definition) is 4. The summed E-state index contributed by atoms with van der Waals surface area (Å²) in [6.07, 6.45) is 2.20. The van der Waals surface area contributed by atoms with Crippen molar-refractivity contribution < 1.29 is 9.53 Å². The summed E-state index contributed by atoms with van der Waals surface area (Å²) in [5.74, 6) is 0.732. The molecule has 0 unspecified atom stereocenters. The third-order valence-corrected chi connectivity index (χ3v) is 1.81. The predicted molar refractivity (Wildman–Crippen MR) is 61.3 cm³/mol. The van der Waals surface area contributed by atoms with Crippen LogP contribution in [0.25, 0.3) is 0 Å². The van der Waals surface area contributed by atoms with Crippen molar-refractivity contribution in [2.75, 3.05) is 12.4 Å². The van der Waals surface area contributed by atoms with Gasteiger partial charge in [-0.25, -0.2) is 0 Å². The lowest BCUT2D eigenvalue weighted by Gasteiger charge is -2.02. The number of nitrogens with zero attached hydrogens (tertiary/aromatic N) is 2. The first-order valence-electron chi connectivity index (χ1n) is 4.92. The molecular formula is C11H15N3O2. The lowest BCUT2D eigenvalue weighted by atomic mass is 10.2. The fourth-order valence-corrected chi connectivity index (χ4v) is 0.986. The van der Waals surface area contributed by atoms with E-state index in [0.717, 1.165) is 5.57 Å². The average Bonchev–Trinajstić information content (AvgIpc) is 2.27. The van der Waals surface area contributed by atoms with Crippen molar-refractivity contribution in [3.05, 3.63) is 23.8 Å². The molecule has 1 aromatic heterocycles. The van der Waals surface area contributed by atoms with Gasteiger partial charge < -0.3 is 10.1 Å². The molecule has 5 heteroatoms. The number of nitrogens with one attached hydrogen (secondary N) is 1. The average molecular weight is 221 g/mol. The second kappa shape index (κ2) is 5.85. The molecule has 0 fully saturated rings. The van der Waals surface area contributed by atoms with Crippen molar-refractivity contribution in [1.29, 1.82) is 0 Å². The molecule has 0 radical (unpaired) electrons. The minimum absolute atomic E-state index is 0.110. The smallest absolute Gasteiger partial charge is 0.233 e. The first kappa shape index (κ1) is 12.2. The molecule has 5 nitrogen and oxygen atoms in total. The van der Waals surface area contributed by atoms with Gasteiger partial charge in [0.25, 0.3) is 0 Å². The second-order valence-corrected chi connectivity index (χ2v) is 3.49. The summed E-state index contributed by atoms with van der Waals surface area (Å²) in [5.41, 5.74) is 1.11. The SMILES string of the molecule is COc1ccc(NC(=O)CC=C(C)C)nn1. The molecule has 0 atom stereocenters. The predicted octanol–water partition coefficient (Wildman–Crippen LogP) is 1.78. The van der Waals surface area contributed by atoms with Crippen molar-refractivity contribution >= 4 is 11.7 Å². The number of amides is 1. The molecule has 1 heterocycles. The zero-order valence-corrected chi connectivity index (χ0v) is 9.65. The highest BCUT2D eigenvalue weighted by molar-refractivity contribution is 5.90. The highest BCUT2D eigenvalue weighted by Gasteiger charge is 2.02. The molecule has 0 aliphatic carbocycles. The van der Waals surface area contributed by atoms with Crippen LogP contribution in [-0.2, 0) is 4.79 Å². The molecule has 0 aliphatic heterocycles. The van der Waals surface area contributed by atoms with Gasteiger partial charge in [-0.15, -0.1) is 10.2 Å². The first-order valence-corrected chi connectivity index (χ1v) is 4.92. The van der Waals surface area contributed by atoms with Gasteiger partial charge in [-0.1, -0.05) is 11.6 Å². The molecule has 0 bridgehead atoms. The van der Waals surface area contributed by atoms with Crippen molar-refractivity contribution in [2.24, 2.45) is 0 Å². The molecular weight excluding hydrogens is 206 g/mol. The van der Waals surface area contributed by atoms with Gasteiger partial charge in [0, 0.05) is 12.5 Å². The van der Waals surface area contributed by atoms with E-state index in [1.54, 1.807) is 12.1 Å². The van der Waals surface area contributed by atoms with E-state index in [1.165, 1.54) is 7.11 Å². The zero-order chi connectivity index (χ0) is 12.0. The van der Waals surface area contributed by atoms with E-state index in [2.05, 4.69) is 15.5 Å². The van der Waals surface area contributed by atoms with Crippen LogP contribution in [0.2, 0.25) is 0 Å². The Morgan fingerprint density at radius 2 is 2.19 bits per heavy atom. The molecule has 1 N–H and O–H groups in total. The van der Waals surface area contributed by atoms with E-state index in [4.69, 9.17) is 4.74 Å². The van der Waals surface area contributed by atoms with Gasteiger partial charge in [-0.3, -0.25) is 4.79 Å². The van der Waals surface area contributed by atoms with Crippen LogP contribution >= 0.6 is 0 Å². The van der Waals surface area contributed by atoms with Crippen molar-refractivity contribution in [3.63, 3.8) is 0 Å². The van der Waals surface area contributed by atoms with Gasteiger partial charge in [0.05, 0.1) is 7.11 Å². The van der Waals surface area contributed by atoms with E-state index < -0.39 is 0 Å². The summed E-state index contributed by atoms with van der Waals surface area (Å²) in [7, 11) is 1.51. The summed E-state index contributed by atoms with van der Waals surface area (Å²) < 4.78 is 4.86. The van der Waals surface area contributed by atoms with Gasteiger partial charge in [0.15, 0.2) is 5.82 Å². The largest absolute Gasteiger partial charge is 0.480 e. The maximum absolute atomic E-state index is 11.4. The van der Waals surface area contributed by atoms with Crippen molar-refractivity contribution in [3.8, 4) is 5.88 Å². The summed E-state index contributed by atoms with van der Waals surface area (Å²) >= 11 is 0. The Kier molecular flexibility index (Phi) is 4.44. The molecule has 86 valence electrons. The van der Waals surface area contributed by atoms with Crippen LogP contribution in [-0.4, -0.2) is 23.2 Å². The molecule has 16 heavy (non-hydrogen) atoms. The molecule has 0 spiro atoms. The quantitative estimate of drug-likeness (QED) is 0.787. The van der Waals surface area contributed by atoms with Crippen LogP contribution in [0.1, 0.15) is 20.3 Å². The minimum atomic E-state index is -0.110. The van der Waals surface area contributed by atoms with Crippen LogP contribution in [0.4, 0.5) is 5.82 Å². The monoisotopic (exact) mass is 221 g/mol. The third-order valence-electron chi connectivity index (χ3n) is 1.81. The Morgan fingerprint density at radius 1 is 1.44 bits per heavy atom. The molecule has 0 aromatic carbocycles. The lowest BCUT2D eigenvalue weighted by Crippen LogP contribution is -2.11. The highest BCUT2D eigenvalue weighted by atomic mass is 16.5. The summed E-state index contributed by atoms with van der Waals surface area (Å²) in [6, 6.07) is 3.29. The number of rotatable bonds is 4. The standard InChI is InChI=1S/C11H15N3O2/c1-8(2)4-6-10(15)12-9-5-7-11(16-3)14-13-9/h4-5,7H,6H2,1-3H3,(H,12,13,15). The molecule has 0 saturated heterocycles. The van der Waals surface area contributed by atoms with Crippen LogP contribution in [0, 0.1) is 0 Å². The van der Waals surface area contributed by atoms with Gasteiger partial charge in [-0.2, -0.15) is 0 Å². The molecule has 1 amide bonds. The Morgan fingerprint density at radius 3 is 2.69 bits per heavy atom. The maximum Gasteiger partial charge on any atom is 0.233 e. The number of carbonyl (C=O) groups is 1. The van der Waals surface area contributed by atoms with Crippen LogP contribution in [0.3, 0.4) is 0 Å². The molecule has 0 saturated carbocycles. The number of ether oxygens (including phenoxy) is 1. The zero-order valence-electron chi connectivity index (χ0n) is 9.65. The number of aromatic nitrogens is 2. The highest BCUT2D eigenvalue weighted by Crippen LogP contribution is 2.07. The van der Waals surface area contributed by atoms with Crippen LogP contribution in [0.5, 0.6) is 5.88 Å². The second-order valence-electron chi connectivity index (χ2n) is 3.49. The summed E-state index contributed by atoms with van der Waals surface area (Å²) in [5, 5.41) is 10.2. The Bertz CT molecular complexity index is 381. The minimum Gasteiger partial charge on any atom is -0.480 e. The first-order chi connectivity index (χ1) is 7.61.